The molecule has 23 heavy (non-hydrogen) atoms. The van der Waals surface area contributed by atoms with Gasteiger partial charge in [-0.25, -0.2) is 9.97 Å². The lowest BCUT2D eigenvalue weighted by Crippen LogP contribution is -2.12. The normalized spacial score (nSPS) is 11.0. The van der Waals surface area contributed by atoms with E-state index in [1.54, 1.807) is 17.7 Å². The third-order valence-electron chi connectivity index (χ3n) is 3.51. The van der Waals surface area contributed by atoms with E-state index in [1.807, 2.05) is 0 Å². The summed E-state index contributed by atoms with van der Waals surface area (Å²) in [5.74, 6) is 0.819. The number of aryl methyl sites for hydroxylation is 1. The second kappa shape index (κ2) is 7.50. The van der Waals surface area contributed by atoms with E-state index in [0.717, 1.165) is 27.2 Å². The first-order valence-corrected chi connectivity index (χ1v) is 8.39. The molecule has 0 spiro atoms. The van der Waals surface area contributed by atoms with E-state index in [-0.39, 0.29) is 6.61 Å². The van der Waals surface area contributed by atoms with Gasteiger partial charge in [0.15, 0.2) is 0 Å². The van der Waals surface area contributed by atoms with Crippen molar-refractivity contribution >= 4 is 27.4 Å². The van der Waals surface area contributed by atoms with Gasteiger partial charge in [0.1, 0.15) is 17.0 Å². The topological polar surface area (TPSA) is 67.3 Å². The smallest absolute Gasteiger partial charge is 0.138 e. The first kappa shape index (κ1) is 15.9. The van der Waals surface area contributed by atoms with Crippen molar-refractivity contribution in [2.45, 2.75) is 6.92 Å². The van der Waals surface area contributed by atoms with E-state index in [9.17, 15) is 0 Å². The number of fused-ring (bicyclic) bond motifs is 1. The molecule has 120 valence electrons. The third-order valence-corrected chi connectivity index (χ3v) is 4.39. The average molecular weight is 329 g/mol. The SMILES string of the molecule is Cc1ccc(-c2csc3ncnc(NCCOCCO)c23)cc1. The number of aliphatic hydroxyl groups excluding tert-OH is 1. The fourth-order valence-corrected chi connectivity index (χ4v) is 3.28. The Morgan fingerprint density at radius 3 is 2.78 bits per heavy atom. The van der Waals surface area contributed by atoms with Crippen LogP contribution in [0.3, 0.4) is 0 Å². The quantitative estimate of drug-likeness (QED) is 0.652. The van der Waals surface area contributed by atoms with Crippen LogP contribution >= 0.6 is 11.3 Å². The number of rotatable bonds is 7. The number of nitrogens with one attached hydrogen (secondary N) is 1. The molecule has 3 aromatic rings. The molecule has 0 aliphatic heterocycles. The molecular formula is C17H19N3O2S. The number of benzene rings is 1. The maximum atomic E-state index is 8.71. The molecule has 0 aliphatic carbocycles. The summed E-state index contributed by atoms with van der Waals surface area (Å²) in [4.78, 5) is 9.71. The van der Waals surface area contributed by atoms with E-state index >= 15 is 0 Å². The van der Waals surface area contributed by atoms with Gasteiger partial charge in [0, 0.05) is 17.5 Å². The van der Waals surface area contributed by atoms with Gasteiger partial charge in [0.2, 0.25) is 0 Å². The van der Waals surface area contributed by atoms with Gasteiger partial charge in [-0.05, 0) is 12.5 Å². The second-order valence-corrected chi connectivity index (χ2v) is 6.04. The Labute approximate surface area is 139 Å². The molecule has 0 radical (unpaired) electrons. The van der Waals surface area contributed by atoms with Crippen molar-refractivity contribution in [3.63, 3.8) is 0 Å². The molecule has 1 aromatic carbocycles. The van der Waals surface area contributed by atoms with Crippen LogP contribution in [-0.4, -0.2) is 41.4 Å². The molecule has 5 nitrogen and oxygen atoms in total. The van der Waals surface area contributed by atoms with Crippen molar-refractivity contribution in [2.24, 2.45) is 0 Å². The van der Waals surface area contributed by atoms with Gasteiger partial charge in [-0.3, -0.25) is 0 Å². The molecule has 2 aromatic heterocycles. The Morgan fingerprint density at radius 2 is 2.00 bits per heavy atom. The zero-order valence-electron chi connectivity index (χ0n) is 13.0. The molecule has 0 fully saturated rings. The molecule has 0 saturated carbocycles. The predicted octanol–water partition coefficient (Wildman–Crippen LogP) is 3.09. The summed E-state index contributed by atoms with van der Waals surface area (Å²) < 4.78 is 5.27. The van der Waals surface area contributed by atoms with Crippen LogP contribution in [-0.2, 0) is 4.74 Å². The Bertz CT molecular complexity index is 771. The van der Waals surface area contributed by atoms with Gasteiger partial charge in [-0.1, -0.05) is 29.8 Å². The lowest BCUT2D eigenvalue weighted by atomic mass is 10.0. The average Bonchev–Trinajstić information content (AvgIpc) is 3.00. The fourth-order valence-electron chi connectivity index (χ4n) is 2.36. The molecular weight excluding hydrogens is 310 g/mol. The second-order valence-electron chi connectivity index (χ2n) is 5.18. The number of nitrogens with zero attached hydrogens (tertiary/aromatic N) is 2. The van der Waals surface area contributed by atoms with Crippen LogP contribution in [0.5, 0.6) is 0 Å². The van der Waals surface area contributed by atoms with E-state index in [4.69, 9.17) is 9.84 Å². The molecule has 3 rings (SSSR count). The highest BCUT2D eigenvalue weighted by Crippen LogP contribution is 2.36. The zero-order valence-corrected chi connectivity index (χ0v) is 13.8. The summed E-state index contributed by atoms with van der Waals surface area (Å²) in [5, 5.41) is 15.2. The lowest BCUT2D eigenvalue weighted by molar-refractivity contribution is 0.0992. The highest BCUT2D eigenvalue weighted by molar-refractivity contribution is 7.17. The van der Waals surface area contributed by atoms with Crippen LogP contribution in [0.2, 0.25) is 0 Å². The number of aliphatic hydroxyl groups is 1. The number of hydrogen-bond donors (Lipinski definition) is 2. The molecule has 0 atom stereocenters. The number of aromatic nitrogens is 2. The van der Waals surface area contributed by atoms with E-state index in [2.05, 4.69) is 51.9 Å². The van der Waals surface area contributed by atoms with Gasteiger partial charge in [0.25, 0.3) is 0 Å². The number of thiophene rings is 1. The summed E-state index contributed by atoms with van der Waals surface area (Å²) in [6.45, 7) is 3.64. The molecule has 0 amide bonds. The predicted molar refractivity (Wildman–Crippen MR) is 94.0 cm³/mol. The summed E-state index contributed by atoms with van der Waals surface area (Å²) in [5.41, 5.74) is 3.55. The van der Waals surface area contributed by atoms with Crippen molar-refractivity contribution in [2.75, 3.05) is 31.7 Å². The standard InChI is InChI=1S/C17H19N3O2S/c1-12-2-4-13(5-3-12)14-10-23-17-15(14)16(19-11-20-17)18-6-8-22-9-7-21/h2-5,10-11,21H,6-9H2,1H3,(H,18,19,20). The van der Waals surface area contributed by atoms with E-state index in [1.165, 1.54) is 5.56 Å². The van der Waals surface area contributed by atoms with Gasteiger partial charge < -0.3 is 15.2 Å². The monoisotopic (exact) mass is 329 g/mol. The molecule has 0 aliphatic rings. The minimum Gasteiger partial charge on any atom is -0.394 e. The van der Waals surface area contributed by atoms with Crippen LogP contribution in [0.15, 0.2) is 36.0 Å². The first-order chi connectivity index (χ1) is 11.3. The van der Waals surface area contributed by atoms with E-state index < -0.39 is 0 Å². The minimum atomic E-state index is 0.0415. The zero-order chi connectivity index (χ0) is 16.1. The largest absolute Gasteiger partial charge is 0.394 e. The first-order valence-electron chi connectivity index (χ1n) is 7.51. The fraction of sp³-hybridized carbons (Fsp3) is 0.294. The maximum Gasteiger partial charge on any atom is 0.138 e. The van der Waals surface area contributed by atoms with Crippen molar-refractivity contribution in [1.29, 1.82) is 0 Å². The Balaban J connectivity index is 1.86. The van der Waals surface area contributed by atoms with Crippen molar-refractivity contribution in [1.82, 2.24) is 9.97 Å². The Kier molecular flexibility index (Phi) is 5.17. The number of ether oxygens (including phenoxy) is 1. The summed E-state index contributed by atoms with van der Waals surface area (Å²) >= 11 is 1.62. The minimum absolute atomic E-state index is 0.0415. The van der Waals surface area contributed by atoms with Crippen molar-refractivity contribution < 1.29 is 9.84 Å². The van der Waals surface area contributed by atoms with E-state index in [0.29, 0.717) is 19.8 Å². The third kappa shape index (κ3) is 3.67. The highest BCUT2D eigenvalue weighted by Gasteiger charge is 2.12. The lowest BCUT2D eigenvalue weighted by Gasteiger charge is -2.08. The Morgan fingerprint density at radius 1 is 1.17 bits per heavy atom. The van der Waals surface area contributed by atoms with Gasteiger partial charge >= 0.3 is 0 Å². The van der Waals surface area contributed by atoms with Crippen LogP contribution in [0.4, 0.5) is 5.82 Å². The molecule has 2 heterocycles. The summed E-state index contributed by atoms with van der Waals surface area (Å²) in [7, 11) is 0. The number of anilines is 1. The molecule has 0 bridgehead atoms. The highest BCUT2D eigenvalue weighted by atomic mass is 32.1. The molecule has 0 saturated heterocycles. The summed E-state index contributed by atoms with van der Waals surface area (Å²) in [6.07, 6.45) is 1.58. The van der Waals surface area contributed by atoms with Crippen LogP contribution in [0.1, 0.15) is 5.56 Å². The van der Waals surface area contributed by atoms with Crippen molar-refractivity contribution in [3.05, 3.63) is 41.5 Å². The van der Waals surface area contributed by atoms with Crippen LogP contribution in [0.25, 0.3) is 21.3 Å². The Hall–Kier alpha value is -2.02. The van der Waals surface area contributed by atoms with Crippen molar-refractivity contribution in [3.8, 4) is 11.1 Å². The van der Waals surface area contributed by atoms with Crippen LogP contribution in [0, 0.1) is 6.92 Å². The molecule has 2 N–H and O–H groups in total. The maximum absolute atomic E-state index is 8.71. The van der Waals surface area contributed by atoms with Gasteiger partial charge in [-0.15, -0.1) is 11.3 Å². The summed E-state index contributed by atoms with van der Waals surface area (Å²) in [6, 6.07) is 8.47. The molecule has 0 unspecified atom stereocenters. The van der Waals surface area contributed by atoms with Gasteiger partial charge in [-0.2, -0.15) is 0 Å². The number of hydrogen-bond acceptors (Lipinski definition) is 6. The van der Waals surface area contributed by atoms with Gasteiger partial charge in [0.05, 0.1) is 25.2 Å². The van der Waals surface area contributed by atoms with Crippen LogP contribution < -0.4 is 5.32 Å². The molecule has 6 heteroatoms.